The molecule has 0 aromatic heterocycles. The van der Waals surface area contributed by atoms with Gasteiger partial charge in [-0.3, -0.25) is 19.3 Å². The number of carbonyl (C=O) groups is 4. The van der Waals surface area contributed by atoms with Gasteiger partial charge in [-0.15, -0.1) is 0 Å². The number of carboxylic acids is 3. The fourth-order valence-corrected chi connectivity index (χ4v) is 5.61. The molecule has 0 saturated carbocycles. The van der Waals surface area contributed by atoms with Gasteiger partial charge in [-0.05, 0) is 43.4 Å². The summed E-state index contributed by atoms with van der Waals surface area (Å²) in [5, 5.41) is 36.9. The normalized spacial score (nSPS) is 16.7. The van der Waals surface area contributed by atoms with E-state index in [0.717, 1.165) is 32.7 Å². The molecule has 1 amide bonds. The zero-order valence-corrected chi connectivity index (χ0v) is 23.6. The van der Waals surface area contributed by atoms with E-state index in [4.69, 9.17) is 20.4 Å². The SMILES string of the molecule is CC(=O)NC1(c2ccccc2F)CCN(Cc2ccccc2N2CCCC2)CC1.O=C(O)CC(O)(CC(=O)O)C(=O)O. The smallest absolute Gasteiger partial charge is 0.336 e. The number of anilines is 1. The maximum atomic E-state index is 14.6. The van der Waals surface area contributed by atoms with Crippen molar-refractivity contribution in [3.8, 4) is 0 Å². The Hall–Kier alpha value is -4.03. The van der Waals surface area contributed by atoms with Crippen LogP contribution in [0, 0.1) is 5.82 Å². The van der Waals surface area contributed by atoms with E-state index in [1.807, 2.05) is 12.1 Å². The quantitative estimate of drug-likeness (QED) is 0.279. The molecule has 2 aliphatic heterocycles. The number of carbonyl (C=O) groups excluding carboxylic acids is 1. The number of para-hydroxylation sites is 1. The third-order valence-electron chi connectivity index (χ3n) is 7.63. The molecule has 0 spiro atoms. The Labute approximate surface area is 243 Å². The van der Waals surface area contributed by atoms with Gasteiger partial charge in [-0.25, -0.2) is 9.18 Å². The van der Waals surface area contributed by atoms with Gasteiger partial charge in [0.05, 0.1) is 18.4 Å². The molecule has 0 unspecified atom stereocenters. The summed E-state index contributed by atoms with van der Waals surface area (Å²) < 4.78 is 14.6. The summed E-state index contributed by atoms with van der Waals surface area (Å²) in [6.07, 6.45) is 1.65. The van der Waals surface area contributed by atoms with Gasteiger partial charge in [-0.1, -0.05) is 36.4 Å². The van der Waals surface area contributed by atoms with Crippen molar-refractivity contribution in [3.05, 3.63) is 65.5 Å². The third-order valence-corrected chi connectivity index (χ3v) is 7.63. The second-order valence-corrected chi connectivity index (χ2v) is 10.8. The Kier molecular flexibility index (Phi) is 11.0. The second kappa shape index (κ2) is 14.2. The molecule has 12 heteroatoms. The fourth-order valence-electron chi connectivity index (χ4n) is 5.61. The van der Waals surface area contributed by atoms with Gasteiger partial charge in [0.2, 0.25) is 5.91 Å². The van der Waals surface area contributed by atoms with Crippen molar-refractivity contribution in [3.63, 3.8) is 0 Å². The van der Waals surface area contributed by atoms with Crippen molar-refractivity contribution < 1.29 is 44.0 Å². The van der Waals surface area contributed by atoms with Crippen molar-refractivity contribution in [1.29, 1.82) is 0 Å². The Balaban J connectivity index is 0.000000316. The lowest BCUT2D eigenvalue weighted by molar-refractivity contribution is -0.170. The molecule has 0 bridgehead atoms. The third kappa shape index (κ3) is 8.49. The first kappa shape index (κ1) is 32.5. The number of likely N-dealkylation sites (tertiary alicyclic amines) is 1. The number of rotatable bonds is 10. The van der Waals surface area contributed by atoms with Gasteiger partial charge in [0.25, 0.3) is 0 Å². The maximum Gasteiger partial charge on any atom is 0.336 e. The minimum atomic E-state index is -2.74. The van der Waals surface area contributed by atoms with Crippen molar-refractivity contribution in [2.24, 2.45) is 0 Å². The number of benzene rings is 2. The van der Waals surface area contributed by atoms with E-state index in [-0.39, 0.29) is 11.7 Å². The highest BCUT2D eigenvalue weighted by atomic mass is 19.1. The Morgan fingerprint density at radius 3 is 1.95 bits per heavy atom. The molecule has 228 valence electrons. The summed E-state index contributed by atoms with van der Waals surface area (Å²) in [6, 6.07) is 15.5. The fraction of sp³-hybridized carbons (Fsp3) is 0.467. The van der Waals surface area contributed by atoms with Crippen LogP contribution in [-0.2, 0) is 31.3 Å². The first-order valence-electron chi connectivity index (χ1n) is 13.8. The van der Waals surface area contributed by atoms with E-state index in [1.165, 1.54) is 37.1 Å². The van der Waals surface area contributed by atoms with Gasteiger partial charge in [0.15, 0.2) is 5.60 Å². The average molecular weight is 588 g/mol. The average Bonchev–Trinajstić information content (AvgIpc) is 3.44. The first-order valence-corrected chi connectivity index (χ1v) is 13.8. The van der Waals surface area contributed by atoms with Crippen molar-refractivity contribution in [2.75, 3.05) is 31.1 Å². The van der Waals surface area contributed by atoms with Crippen LogP contribution < -0.4 is 10.2 Å². The molecule has 2 aliphatic rings. The maximum absolute atomic E-state index is 14.6. The molecule has 0 aliphatic carbocycles. The summed E-state index contributed by atoms with van der Waals surface area (Å²) in [5.41, 5.74) is -0.0581. The van der Waals surface area contributed by atoms with Crippen molar-refractivity contribution >= 4 is 29.5 Å². The van der Waals surface area contributed by atoms with Gasteiger partial charge in [0, 0.05) is 50.9 Å². The van der Waals surface area contributed by atoms with Crippen LogP contribution in [0.3, 0.4) is 0 Å². The molecular weight excluding hydrogens is 549 g/mol. The minimum Gasteiger partial charge on any atom is -0.481 e. The zero-order chi connectivity index (χ0) is 30.9. The highest BCUT2D eigenvalue weighted by Crippen LogP contribution is 2.36. The van der Waals surface area contributed by atoms with Crippen LogP contribution in [0.15, 0.2) is 48.5 Å². The number of amides is 1. The molecule has 2 heterocycles. The van der Waals surface area contributed by atoms with E-state index in [1.54, 1.807) is 6.07 Å². The number of hydrogen-bond donors (Lipinski definition) is 5. The van der Waals surface area contributed by atoms with Crippen LogP contribution in [0.4, 0.5) is 10.1 Å². The Bertz CT molecular complexity index is 1260. The van der Waals surface area contributed by atoms with Crippen LogP contribution in [0.25, 0.3) is 0 Å². The molecule has 2 aromatic rings. The van der Waals surface area contributed by atoms with Crippen LogP contribution in [-0.4, -0.2) is 80.9 Å². The molecular formula is C30H38FN3O8. The number of halogens is 1. The molecule has 11 nitrogen and oxygen atoms in total. The van der Waals surface area contributed by atoms with Crippen LogP contribution in [0.2, 0.25) is 0 Å². The van der Waals surface area contributed by atoms with E-state index < -0.39 is 41.9 Å². The van der Waals surface area contributed by atoms with E-state index in [9.17, 15) is 23.6 Å². The van der Waals surface area contributed by atoms with E-state index in [0.29, 0.717) is 18.4 Å². The molecule has 2 saturated heterocycles. The predicted octanol–water partition coefficient (Wildman–Crippen LogP) is 2.80. The predicted molar refractivity (Wildman–Crippen MR) is 151 cm³/mol. The van der Waals surface area contributed by atoms with Gasteiger partial charge in [-0.2, -0.15) is 0 Å². The van der Waals surface area contributed by atoms with E-state index in [2.05, 4.69) is 39.4 Å². The summed E-state index contributed by atoms with van der Waals surface area (Å²) in [7, 11) is 0. The number of piperidine rings is 1. The highest BCUT2D eigenvalue weighted by molar-refractivity contribution is 5.88. The molecule has 0 atom stereocenters. The molecule has 4 rings (SSSR count). The molecule has 5 N–H and O–H groups in total. The lowest BCUT2D eigenvalue weighted by atomic mass is 9.80. The van der Waals surface area contributed by atoms with E-state index >= 15 is 0 Å². The summed E-state index contributed by atoms with van der Waals surface area (Å²) in [5.74, 6) is -5.37. The molecule has 42 heavy (non-hydrogen) atoms. The van der Waals surface area contributed by atoms with Gasteiger partial charge in [0.1, 0.15) is 5.82 Å². The number of nitrogens with one attached hydrogen (secondary N) is 1. The summed E-state index contributed by atoms with van der Waals surface area (Å²) >= 11 is 0. The summed E-state index contributed by atoms with van der Waals surface area (Å²) in [4.78, 5) is 47.3. The first-order chi connectivity index (χ1) is 19.8. The molecule has 2 fully saturated rings. The number of carboxylic acid groups (broad SMARTS) is 3. The van der Waals surface area contributed by atoms with Gasteiger partial charge < -0.3 is 30.6 Å². The monoisotopic (exact) mass is 587 g/mol. The Morgan fingerprint density at radius 1 is 0.881 bits per heavy atom. The zero-order valence-electron chi connectivity index (χ0n) is 23.6. The lowest BCUT2D eigenvalue weighted by Gasteiger charge is -2.43. The van der Waals surface area contributed by atoms with Gasteiger partial charge >= 0.3 is 17.9 Å². The number of nitrogens with zero attached hydrogens (tertiary/aromatic N) is 2. The minimum absolute atomic E-state index is 0.110. The number of hydrogen-bond acceptors (Lipinski definition) is 7. The van der Waals surface area contributed by atoms with Crippen molar-refractivity contribution in [2.45, 2.75) is 63.1 Å². The topological polar surface area (TPSA) is 168 Å². The Morgan fingerprint density at radius 2 is 1.43 bits per heavy atom. The largest absolute Gasteiger partial charge is 0.481 e. The van der Waals surface area contributed by atoms with Crippen LogP contribution >= 0.6 is 0 Å². The lowest BCUT2D eigenvalue weighted by Crippen LogP contribution is -2.52. The standard InChI is InChI=1S/C24H30FN3O.C6H8O7/c1-19(29)26-24(21-9-3-4-10-22(21)25)12-16-27(17-13-24)18-20-8-2-5-11-23(20)28-14-6-7-15-28;7-3(8)1-6(13,5(11)12)2-4(9)10/h2-5,8-11H,6-7,12-18H2,1H3,(H,26,29);13H,1-2H2,(H,7,8)(H,9,10)(H,11,12). The molecule has 0 radical (unpaired) electrons. The number of aliphatic carboxylic acids is 3. The number of aliphatic hydroxyl groups is 1. The molecule has 2 aromatic carbocycles. The summed E-state index contributed by atoms with van der Waals surface area (Å²) in [6.45, 7) is 6.32. The van der Waals surface area contributed by atoms with Crippen molar-refractivity contribution in [1.82, 2.24) is 10.2 Å². The van der Waals surface area contributed by atoms with Crippen LogP contribution in [0.5, 0.6) is 0 Å². The second-order valence-electron chi connectivity index (χ2n) is 10.8. The van der Waals surface area contributed by atoms with Crippen LogP contribution in [0.1, 0.15) is 56.6 Å². The highest BCUT2D eigenvalue weighted by Gasteiger charge is 2.41.